The second-order valence-corrected chi connectivity index (χ2v) is 6.97. The maximum absolute atomic E-state index is 13.1. The topological polar surface area (TPSA) is 57.6 Å². The van der Waals surface area contributed by atoms with Crippen LogP contribution in [0.5, 0.6) is 0 Å². The van der Waals surface area contributed by atoms with Crippen LogP contribution in [0.25, 0.3) is 0 Å². The second-order valence-electron chi connectivity index (χ2n) is 6.97. The number of carboxylic acids is 1. The SMILES string of the molecule is C[C@@H]1CN(C(=O)C2(C)CCCc3ccccc32)C[C@H]1C(=O)O. The van der Waals surface area contributed by atoms with E-state index >= 15 is 0 Å². The summed E-state index contributed by atoms with van der Waals surface area (Å²) in [6, 6.07) is 8.17. The molecule has 0 aromatic heterocycles. The number of aliphatic carboxylic acids is 1. The number of hydrogen-bond donors (Lipinski definition) is 1. The van der Waals surface area contributed by atoms with Crippen LogP contribution in [0.1, 0.15) is 37.8 Å². The van der Waals surface area contributed by atoms with Gasteiger partial charge in [-0.25, -0.2) is 0 Å². The highest BCUT2D eigenvalue weighted by Gasteiger charge is 2.45. The fourth-order valence-corrected chi connectivity index (χ4v) is 4.07. The van der Waals surface area contributed by atoms with E-state index in [1.807, 2.05) is 26.0 Å². The standard InChI is InChI=1S/C18H23NO3/c1-12-10-19(11-14(12)16(20)21)17(22)18(2)9-5-7-13-6-3-4-8-15(13)18/h3-4,6,8,12,14H,5,7,9-11H2,1-2H3,(H,20,21)/t12-,14-,18?/m1/s1. The number of amides is 1. The van der Waals surface area contributed by atoms with Crippen molar-refractivity contribution in [3.8, 4) is 0 Å². The van der Waals surface area contributed by atoms with E-state index in [2.05, 4.69) is 12.1 Å². The normalized spacial score (nSPS) is 30.9. The maximum atomic E-state index is 13.1. The van der Waals surface area contributed by atoms with Crippen molar-refractivity contribution in [1.82, 2.24) is 4.90 Å². The number of benzene rings is 1. The van der Waals surface area contributed by atoms with Crippen LogP contribution >= 0.6 is 0 Å². The number of carboxylic acid groups (broad SMARTS) is 1. The Labute approximate surface area is 131 Å². The Morgan fingerprint density at radius 3 is 2.68 bits per heavy atom. The minimum atomic E-state index is -0.794. The fourth-order valence-electron chi connectivity index (χ4n) is 4.07. The Bertz CT molecular complexity index is 612. The summed E-state index contributed by atoms with van der Waals surface area (Å²) >= 11 is 0. The van der Waals surface area contributed by atoms with Gasteiger partial charge in [0.2, 0.25) is 5.91 Å². The van der Waals surface area contributed by atoms with Crippen molar-refractivity contribution < 1.29 is 14.7 Å². The third kappa shape index (κ3) is 2.31. The van der Waals surface area contributed by atoms with Gasteiger partial charge in [-0.05, 0) is 43.2 Å². The van der Waals surface area contributed by atoms with E-state index in [4.69, 9.17) is 0 Å². The minimum absolute atomic E-state index is 0.0175. The molecule has 1 amide bonds. The predicted molar refractivity (Wildman–Crippen MR) is 83.6 cm³/mol. The van der Waals surface area contributed by atoms with Gasteiger partial charge in [-0.2, -0.15) is 0 Å². The number of likely N-dealkylation sites (tertiary alicyclic amines) is 1. The number of aryl methyl sites for hydroxylation is 1. The molecule has 4 heteroatoms. The molecule has 3 atom stereocenters. The Kier molecular flexibility index (Phi) is 3.71. The van der Waals surface area contributed by atoms with Crippen molar-refractivity contribution in [3.05, 3.63) is 35.4 Å². The van der Waals surface area contributed by atoms with Gasteiger partial charge >= 0.3 is 5.97 Å². The molecule has 1 heterocycles. The van der Waals surface area contributed by atoms with Gasteiger partial charge in [-0.1, -0.05) is 31.2 Å². The van der Waals surface area contributed by atoms with Gasteiger partial charge in [0.1, 0.15) is 0 Å². The molecular weight excluding hydrogens is 278 g/mol. The molecule has 22 heavy (non-hydrogen) atoms. The first-order valence-corrected chi connectivity index (χ1v) is 8.04. The molecule has 1 unspecified atom stereocenters. The lowest BCUT2D eigenvalue weighted by Gasteiger charge is -2.37. The molecule has 0 spiro atoms. The van der Waals surface area contributed by atoms with Crippen molar-refractivity contribution >= 4 is 11.9 Å². The molecule has 4 nitrogen and oxygen atoms in total. The van der Waals surface area contributed by atoms with Crippen molar-refractivity contribution in [2.45, 2.75) is 38.5 Å². The van der Waals surface area contributed by atoms with Gasteiger partial charge in [0.05, 0.1) is 11.3 Å². The van der Waals surface area contributed by atoms with Crippen LogP contribution in [0.3, 0.4) is 0 Å². The Balaban J connectivity index is 1.88. The molecule has 2 aliphatic rings. The molecule has 1 saturated heterocycles. The fraction of sp³-hybridized carbons (Fsp3) is 0.556. The Morgan fingerprint density at radius 1 is 1.27 bits per heavy atom. The van der Waals surface area contributed by atoms with E-state index < -0.39 is 17.3 Å². The van der Waals surface area contributed by atoms with E-state index in [1.165, 1.54) is 5.56 Å². The van der Waals surface area contributed by atoms with E-state index in [0.29, 0.717) is 13.1 Å². The summed E-state index contributed by atoms with van der Waals surface area (Å²) < 4.78 is 0. The molecule has 1 fully saturated rings. The molecule has 118 valence electrons. The first-order valence-electron chi connectivity index (χ1n) is 8.04. The van der Waals surface area contributed by atoms with E-state index in [9.17, 15) is 14.7 Å². The molecule has 1 N–H and O–H groups in total. The van der Waals surface area contributed by atoms with Gasteiger partial charge in [-0.3, -0.25) is 9.59 Å². The van der Waals surface area contributed by atoms with Gasteiger partial charge in [0, 0.05) is 13.1 Å². The summed E-state index contributed by atoms with van der Waals surface area (Å²) in [4.78, 5) is 26.2. The van der Waals surface area contributed by atoms with Gasteiger partial charge < -0.3 is 10.0 Å². The van der Waals surface area contributed by atoms with E-state index in [-0.39, 0.29) is 11.8 Å². The first kappa shape index (κ1) is 15.1. The van der Waals surface area contributed by atoms with Gasteiger partial charge in [0.25, 0.3) is 0 Å². The maximum Gasteiger partial charge on any atom is 0.308 e. The Morgan fingerprint density at radius 2 is 2.00 bits per heavy atom. The lowest BCUT2D eigenvalue weighted by atomic mass is 9.70. The monoisotopic (exact) mass is 301 g/mol. The molecule has 1 aliphatic heterocycles. The van der Waals surface area contributed by atoms with Crippen molar-refractivity contribution in [2.75, 3.05) is 13.1 Å². The number of nitrogens with zero attached hydrogens (tertiary/aromatic N) is 1. The predicted octanol–water partition coefficient (Wildman–Crippen LogP) is 2.46. The van der Waals surface area contributed by atoms with Crippen LogP contribution in [0.4, 0.5) is 0 Å². The molecule has 3 rings (SSSR count). The van der Waals surface area contributed by atoms with Crippen LogP contribution in [0.2, 0.25) is 0 Å². The smallest absolute Gasteiger partial charge is 0.308 e. The average molecular weight is 301 g/mol. The van der Waals surface area contributed by atoms with Crippen molar-refractivity contribution in [1.29, 1.82) is 0 Å². The van der Waals surface area contributed by atoms with Crippen molar-refractivity contribution in [2.24, 2.45) is 11.8 Å². The summed E-state index contributed by atoms with van der Waals surface area (Å²) in [5.41, 5.74) is 1.87. The third-order valence-corrected chi connectivity index (χ3v) is 5.42. The summed E-state index contributed by atoms with van der Waals surface area (Å²) in [5, 5.41) is 9.28. The van der Waals surface area contributed by atoms with Crippen LogP contribution < -0.4 is 0 Å². The number of carbonyl (C=O) groups excluding carboxylic acids is 1. The summed E-state index contributed by atoms with van der Waals surface area (Å²) in [5.74, 6) is -1.12. The first-order chi connectivity index (χ1) is 10.4. The zero-order valence-corrected chi connectivity index (χ0v) is 13.2. The zero-order valence-electron chi connectivity index (χ0n) is 13.2. The van der Waals surface area contributed by atoms with E-state index in [0.717, 1.165) is 24.8 Å². The number of rotatable bonds is 2. The van der Waals surface area contributed by atoms with Crippen LogP contribution in [-0.4, -0.2) is 35.0 Å². The molecule has 0 saturated carbocycles. The summed E-state index contributed by atoms with van der Waals surface area (Å²) in [6.45, 7) is 4.83. The zero-order chi connectivity index (χ0) is 15.9. The average Bonchev–Trinajstić information content (AvgIpc) is 2.89. The second kappa shape index (κ2) is 5.41. The molecule has 1 aromatic rings. The highest BCUT2D eigenvalue weighted by Crippen LogP contribution is 2.40. The van der Waals surface area contributed by atoms with E-state index in [1.54, 1.807) is 4.90 Å². The molecule has 0 bridgehead atoms. The summed E-state index contributed by atoms with van der Waals surface area (Å²) in [7, 11) is 0. The molecule has 0 radical (unpaired) electrons. The lowest BCUT2D eigenvalue weighted by molar-refractivity contribution is -0.142. The molecule has 1 aliphatic carbocycles. The third-order valence-electron chi connectivity index (χ3n) is 5.42. The minimum Gasteiger partial charge on any atom is -0.481 e. The lowest BCUT2D eigenvalue weighted by Crippen LogP contribution is -2.46. The number of hydrogen-bond acceptors (Lipinski definition) is 2. The highest BCUT2D eigenvalue weighted by atomic mass is 16.4. The highest BCUT2D eigenvalue weighted by molar-refractivity contribution is 5.89. The van der Waals surface area contributed by atoms with Crippen LogP contribution in [-0.2, 0) is 21.4 Å². The Hall–Kier alpha value is -1.84. The van der Waals surface area contributed by atoms with Gasteiger partial charge in [-0.15, -0.1) is 0 Å². The van der Waals surface area contributed by atoms with Crippen LogP contribution in [0, 0.1) is 11.8 Å². The summed E-state index contributed by atoms with van der Waals surface area (Å²) in [6.07, 6.45) is 2.86. The number of fused-ring (bicyclic) bond motifs is 1. The number of carbonyl (C=O) groups is 2. The quantitative estimate of drug-likeness (QED) is 0.913. The van der Waals surface area contributed by atoms with Crippen molar-refractivity contribution in [3.63, 3.8) is 0 Å². The largest absolute Gasteiger partial charge is 0.481 e. The molecular formula is C18H23NO3. The molecule has 1 aromatic carbocycles. The van der Waals surface area contributed by atoms with Gasteiger partial charge in [0.15, 0.2) is 0 Å². The van der Waals surface area contributed by atoms with Crippen LogP contribution in [0.15, 0.2) is 24.3 Å².